The largest absolute Gasteiger partial charge is 0.355 e. The van der Waals surface area contributed by atoms with Gasteiger partial charge in [-0.05, 0) is 68.8 Å². The number of hydrogen-bond donors (Lipinski definition) is 2. The van der Waals surface area contributed by atoms with Crippen LogP contribution in [0.2, 0.25) is 0 Å². The van der Waals surface area contributed by atoms with E-state index in [2.05, 4.69) is 48.5 Å². The highest BCUT2D eigenvalue weighted by atomic mass is 35.5. The van der Waals surface area contributed by atoms with E-state index in [0.29, 0.717) is 12.1 Å². The molecule has 168 valence electrons. The Kier molecular flexibility index (Phi) is 6.93. The number of nitrogens with one attached hydrogen (secondary N) is 2. The van der Waals surface area contributed by atoms with Gasteiger partial charge in [0.05, 0.1) is 5.52 Å². The van der Waals surface area contributed by atoms with E-state index in [0.717, 1.165) is 33.5 Å². The molecule has 0 aliphatic carbocycles. The summed E-state index contributed by atoms with van der Waals surface area (Å²) in [6.07, 6.45) is 4.63. The molecule has 2 N–H and O–H groups in total. The Morgan fingerprint density at radius 1 is 1.03 bits per heavy atom. The zero-order valence-corrected chi connectivity index (χ0v) is 20.1. The number of pyridine rings is 1. The van der Waals surface area contributed by atoms with Gasteiger partial charge in [0.15, 0.2) is 0 Å². The van der Waals surface area contributed by atoms with E-state index in [-0.39, 0.29) is 17.3 Å². The van der Waals surface area contributed by atoms with Crippen LogP contribution in [0.1, 0.15) is 22.3 Å². The monoisotopic (exact) mass is 470 g/mol. The molecule has 32 heavy (non-hydrogen) atoms. The number of halogens is 1. The number of benzene rings is 2. The van der Waals surface area contributed by atoms with E-state index in [1.807, 2.05) is 25.2 Å². The molecule has 4 aromatic rings. The van der Waals surface area contributed by atoms with Gasteiger partial charge >= 0.3 is 0 Å². The lowest BCUT2D eigenvalue weighted by molar-refractivity contribution is 0.588. The van der Waals surface area contributed by atoms with Gasteiger partial charge in [0, 0.05) is 41.9 Å². The lowest BCUT2D eigenvalue weighted by Gasteiger charge is -2.15. The van der Waals surface area contributed by atoms with Gasteiger partial charge in [-0.2, -0.15) is 0 Å². The van der Waals surface area contributed by atoms with Crippen molar-refractivity contribution in [1.82, 2.24) is 14.3 Å². The molecule has 2 heterocycles. The van der Waals surface area contributed by atoms with Gasteiger partial charge in [-0.1, -0.05) is 23.8 Å². The first-order chi connectivity index (χ1) is 14.8. The van der Waals surface area contributed by atoms with Crippen molar-refractivity contribution in [1.29, 1.82) is 0 Å². The van der Waals surface area contributed by atoms with Crippen LogP contribution in [0.3, 0.4) is 0 Å². The SMILES string of the molecule is CNCc1cn(S(=O)(=O)c2cccnc2)c2cc(Nc3c(C)cc(C)cc3C)ccc12.Cl. The number of rotatable bonds is 6. The van der Waals surface area contributed by atoms with Crippen molar-refractivity contribution in [3.8, 4) is 0 Å². The van der Waals surface area contributed by atoms with Crippen LogP contribution in [0.25, 0.3) is 10.9 Å². The number of nitrogens with zero attached hydrogens (tertiary/aromatic N) is 2. The average molecular weight is 471 g/mol. The predicted molar refractivity (Wildman–Crippen MR) is 133 cm³/mol. The number of aromatic nitrogens is 2. The molecule has 0 amide bonds. The second-order valence-corrected chi connectivity index (χ2v) is 9.62. The lowest BCUT2D eigenvalue weighted by atomic mass is 10.0. The molecule has 0 saturated carbocycles. The summed E-state index contributed by atoms with van der Waals surface area (Å²) in [4.78, 5) is 4.14. The highest BCUT2D eigenvalue weighted by Crippen LogP contribution is 2.31. The predicted octanol–water partition coefficient (Wildman–Crippen LogP) is 5.08. The van der Waals surface area contributed by atoms with Crippen LogP contribution in [0.4, 0.5) is 11.4 Å². The molecule has 2 aromatic heterocycles. The van der Waals surface area contributed by atoms with Gasteiger partial charge in [-0.15, -0.1) is 12.4 Å². The van der Waals surface area contributed by atoms with Crippen LogP contribution < -0.4 is 10.6 Å². The summed E-state index contributed by atoms with van der Waals surface area (Å²) in [5.74, 6) is 0. The van der Waals surface area contributed by atoms with E-state index in [9.17, 15) is 8.42 Å². The maximum absolute atomic E-state index is 13.4. The van der Waals surface area contributed by atoms with Crippen LogP contribution in [-0.2, 0) is 16.6 Å². The smallest absolute Gasteiger partial charge is 0.269 e. The third-order valence-electron chi connectivity index (χ3n) is 5.36. The zero-order chi connectivity index (χ0) is 22.2. The van der Waals surface area contributed by atoms with Gasteiger partial charge in [0.25, 0.3) is 10.0 Å². The summed E-state index contributed by atoms with van der Waals surface area (Å²) in [6.45, 7) is 6.78. The molecule has 0 atom stereocenters. The second-order valence-electron chi connectivity index (χ2n) is 7.80. The van der Waals surface area contributed by atoms with Crippen LogP contribution >= 0.6 is 12.4 Å². The van der Waals surface area contributed by atoms with Gasteiger partial charge in [0.2, 0.25) is 0 Å². The van der Waals surface area contributed by atoms with Crippen LogP contribution in [0, 0.1) is 20.8 Å². The first-order valence-corrected chi connectivity index (χ1v) is 11.5. The summed E-state index contributed by atoms with van der Waals surface area (Å²) >= 11 is 0. The molecule has 0 saturated heterocycles. The highest BCUT2D eigenvalue weighted by Gasteiger charge is 2.21. The lowest BCUT2D eigenvalue weighted by Crippen LogP contribution is -2.12. The Hall–Kier alpha value is -2.87. The minimum Gasteiger partial charge on any atom is -0.355 e. The van der Waals surface area contributed by atoms with Gasteiger partial charge in [0.1, 0.15) is 4.90 Å². The van der Waals surface area contributed by atoms with Gasteiger partial charge < -0.3 is 10.6 Å². The molecular formula is C24H27ClN4O2S. The molecule has 8 heteroatoms. The fourth-order valence-electron chi connectivity index (χ4n) is 4.01. The molecule has 0 unspecified atom stereocenters. The van der Waals surface area contributed by atoms with Crippen molar-refractivity contribution >= 4 is 44.7 Å². The van der Waals surface area contributed by atoms with E-state index in [1.165, 1.54) is 15.7 Å². The Bertz CT molecular complexity index is 1340. The number of fused-ring (bicyclic) bond motifs is 1. The Morgan fingerprint density at radius 3 is 2.38 bits per heavy atom. The first-order valence-electron chi connectivity index (χ1n) is 10.1. The Labute approximate surface area is 195 Å². The molecule has 4 rings (SSSR count). The molecule has 2 aromatic carbocycles. The third-order valence-corrected chi connectivity index (χ3v) is 7.02. The van der Waals surface area contributed by atoms with Crippen molar-refractivity contribution in [3.05, 3.63) is 83.3 Å². The summed E-state index contributed by atoms with van der Waals surface area (Å²) in [7, 11) is -1.93. The number of anilines is 2. The minimum atomic E-state index is -3.78. The van der Waals surface area contributed by atoms with E-state index in [4.69, 9.17) is 0 Å². The molecule has 0 radical (unpaired) electrons. The summed E-state index contributed by atoms with van der Waals surface area (Å²) in [6, 6.07) is 13.3. The topological polar surface area (TPSA) is 76.0 Å². The van der Waals surface area contributed by atoms with Crippen molar-refractivity contribution in [2.75, 3.05) is 12.4 Å². The standard InChI is InChI=1S/C24H26N4O2S.ClH/c1-16-10-17(2)24(18(3)11-16)27-20-7-8-22-19(13-25-4)15-28(23(22)12-20)31(29,30)21-6-5-9-26-14-21;/h5-12,14-15,25,27H,13H2,1-4H3;1H. The fourth-order valence-corrected chi connectivity index (χ4v) is 5.36. The van der Waals surface area contributed by atoms with Crippen molar-refractivity contribution in [2.24, 2.45) is 0 Å². The molecule has 0 fully saturated rings. The molecule has 6 nitrogen and oxygen atoms in total. The molecule has 0 spiro atoms. The normalized spacial score (nSPS) is 11.4. The summed E-state index contributed by atoms with van der Waals surface area (Å²) in [5, 5.41) is 7.50. The van der Waals surface area contributed by atoms with Crippen LogP contribution in [-0.4, -0.2) is 24.4 Å². The third kappa shape index (κ3) is 4.37. The van der Waals surface area contributed by atoms with E-state index < -0.39 is 10.0 Å². The maximum atomic E-state index is 13.4. The zero-order valence-electron chi connectivity index (χ0n) is 18.5. The first kappa shape index (κ1) is 23.8. The maximum Gasteiger partial charge on any atom is 0.269 e. The molecule has 0 aliphatic heterocycles. The van der Waals surface area contributed by atoms with Crippen molar-refractivity contribution < 1.29 is 8.42 Å². The van der Waals surface area contributed by atoms with Crippen molar-refractivity contribution in [2.45, 2.75) is 32.2 Å². The van der Waals surface area contributed by atoms with Crippen molar-refractivity contribution in [3.63, 3.8) is 0 Å². The number of hydrogen-bond acceptors (Lipinski definition) is 5. The minimum absolute atomic E-state index is 0. The Balaban J connectivity index is 0.00000289. The quantitative estimate of drug-likeness (QED) is 0.410. The van der Waals surface area contributed by atoms with E-state index >= 15 is 0 Å². The Morgan fingerprint density at radius 2 is 1.75 bits per heavy atom. The molecule has 0 bridgehead atoms. The number of aryl methyl sites for hydroxylation is 3. The van der Waals surface area contributed by atoms with Crippen LogP contribution in [0.15, 0.2) is 66.0 Å². The van der Waals surface area contributed by atoms with Gasteiger partial charge in [-0.25, -0.2) is 12.4 Å². The second kappa shape index (κ2) is 9.32. The van der Waals surface area contributed by atoms with Crippen LogP contribution in [0.5, 0.6) is 0 Å². The summed E-state index contributed by atoms with van der Waals surface area (Å²) < 4.78 is 28.1. The fraction of sp³-hybridized carbons (Fsp3) is 0.208. The highest BCUT2D eigenvalue weighted by molar-refractivity contribution is 7.90. The summed E-state index contributed by atoms with van der Waals surface area (Å²) in [5.41, 5.74) is 6.91. The van der Waals surface area contributed by atoms with E-state index in [1.54, 1.807) is 24.5 Å². The average Bonchev–Trinajstić information content (AvgIpc) is 3.10. The molecular weight excluding hydrogens is 444 g/mol. The molecule has 0 aliphatic rings. The van der Waals surface area contributed by atoms with Gasteiger partial charge in [-0.3, -0.25) is 4.98 Å².